The van der Waals surface area contributed by atoms with Gasteiger partial charge in [0.15, 0.2) is 5.11 Å². The molecule has 0 atom stereocenters. The summed E-state index contributed by atoms with van der Waals surface area (Å²) >= 11 is 4.97. The van der Waals surface area contributed by atoms with Crippen LogP contribution in [-0.2, 0) is 9.59 Å². The fraction of sp³-hybridized carbons (Fsp3) is 0.214. The number of amides is 2. The van der Waals surface area contributed by atoms with Crippen molar-refractivity contribution in [1.82, 2.24) is 10.2 Å². The van der Waals surface area contributed by atoms with Crippen LogP contribution in [0.15, 0.2) is 30.0 Å². The van der Waals surface area contributed by atoms with Crippen LogP contribution in [0.2, 0.25) is 0 Å². The monoisotopic (exact) mass is 289 g/mol. The number of anilines is 1. The fourth-order valence-electron chi connectivity index (χ4n) is 1.90. The first-order valence-electron chi connectivity index (χ1n) is 6.05. The molecule has 0 unspecified atom stereocenters. The molecule has 1 N–H and O–H groups in total. The third-order valence-electron chi connectivity index (χ3n) is 2.92. The largest absolute Gasteiger partial charge is 0.378 e. The SMILES string of the molecule is CC(=O)N1C(=S)NC(=O)/C1=C/c1ccc(N(C)C)cc1. The van der Waals surface area contributed by atoms with Crippen molar-refractivity contribution in [3.8, 4) is 0 Å². The molecule has 0 aliphatic carbocycles. The van der Waals surface area contributed by atoms with Gasteiger partial charge in [-0.05, 0) is 36.0 Å². The van der Waals surface area contributed by atoms with E-state index >= 15 is 0 Å². The van der Waals surface area contributed by atoms with Gasteiger partial charge < -0.3 is 4.90 Å². The molecule has 1 aromatic rings. The predicted molar refractivity (Wildman–Crippen MR) is 82.0 cm³/mol. The molecule has 0 spiro atoms. The molecule has 1 fully saturated rings. The van der Waals surface area contributed by atoms with Crippen molar-refractivity contribution in [3.63, 3.8) is 0 Å². The van der Waals surface area contributed by atoms with Gasteiger partial charge in [-0.3, -0.25) is 19.8 Å². The van der Waals surface area contributed by atoms with E-state index in [2.05, 4.69) is 5.32 Å². The van der Waals surface area contributed by atoms with Crippen LogP contribution < -0.4 is 10.2 Å². The summed E-state index contributed by atoms with van der Waals surface area (Å²) in [5, 5.41) is 2.59. The predicted octanol–water partition coefficient (Wildman–Crippen LogP) is 1.36. The van der Waals surface area contributed by atoms with Crippen molar-refractivity contribution in [2.75, 3.05) is 19.0 Å². The molecule has 6 heteroatoms. The van der Waals surface area contributed by atoms with Gasteiger partial charge in [-0.25, -0.2) is 0 Å². The molecule has 0 radical (unpaired) electrons. The van der Waals surface area contributed by atoms with Gasteiger partial charge in [-0.15, -0.1) is 0 Å². The highest BCUT2D eigenvalue weighted by Gasteiger charge is 2.32. The van der Waals surface area contributed by atoms with Crippen molar-refractivity contribution >= 4 is 40.9 Å². The topological polar surface area (TPSA) is 52.7 Å². The van der Waals surface area contributed by atoms with E-state index in [1.165, 1.54) is 11.8 Å². The molecule has 1 aromatic carbocycles. The van der Waals surface area contributed by atoms with Gasteiger partial charge in [0.2, 0.25) is 5.91 Å². The first-order chi connectivity index (χ1) is 9.40. The normalized spacial score (nSPS) is 16.6. The lowest BCUT2D eigenvalue weighted by Gasteiger charge is -2.13. The van der Waals surface area contributed by atoms with Crippen molar-refractivity contribution in [2.24, 2.45) is 0 Å². The molecule has 0 saturated carbocycles. The van der Waals surface area contributed by atoms with Crippen LogP contribution in [0.3, 0.4) is 0 Å². The summed E-state index contributed by atoms with van der Waals surface area (Å²) in [4.78, 5) is 26.5. The molecular weight excluding hydrogens is 274 g/mol. The third kappa shape index (κ3) is 2.70. The molecule has 1 aliphatic heterocycles. The molecule has 1 saturated heterocycles. The number of nitrogens with zero attached hydrogens (tertiary/aromatic N) is 2. The van der Waals surface area contributed by atoms with E-state index in [4.69, 9.17) is 12.2 Å². The Labute approximate surface area is 122 Å². The van der Waals surface area contributed by atoms with Crippen molar-refractivity contribution in [2.45, 2.75) is 6.92 Å². The molecule has 0 bridgehead atoms. The van der Waals surface area contributed by atoms with Crippen molar-refractivity contribution in [3.05, 3.63) is 35.5 Å². The zero-order valence-electron chi connectivity index (χ0n) is 11.5. The van der Waals surface area contributed by atoms with Crippen LogP contribution in [0.25, 0.3) is 6.08 Å². The Morgan fingerprint density at radius 2 is 1.90 bits per heavy atom. The minimum atomic E-state index is -0.359. The molecule has 20 heavy (non-hydrogen) atoms. The van der Waals surface area contributed by atoms with E-state index in [-0.39, 0.29) is 22.6 Å². The molecular formula is C14H15N3O2S. The van der Waals surface area contributed by atoms with E-state index in [1.54, 1.807) is 6.08 Å². The maximum absolute atomic E-state index is 11.8. The Balaban J connectivity index is 2.35. The highest BCUT2D eigenvalue weighted by Crippen LogP contribution is 2.19. The molecule has 104 valence electrons. The number of carbonyl (C=O) groups excluding carboxylic acids is 2. The Kier molecular flexibility index (Phi) is 3.85. The average Bonchev–Trinajstić information content (AvgIpc) is 2.64. The highest BCUT2D eigenvalue weighted by molar-refractivity contribution is 7.80. The summed E-state index contributed by atoms with van der Waals surface area (Å²) in [5.41, 5.74) is 2.14. The van der Waals surface area contributed by atoms with Gasteiger partial charge in [0, 0.05) is 26.7 Å². The standard InChI is InChI=1S/C14H15N3O2S/c1-9(18)17-12(13(19)15-14(17)20)8-10-4-6-11(7-5-10)16(2)3/h4-8H,1-3H3,(H,15,19,20)/b12-8-. The minimum absolute atomic E-state index is 0.124. The van der Waals surface area contributed by atoms with Crippen LogP contribution in [-0.4, -0.2) is 35.9 Å². The zero-order chi connectivity index (χ0) is 14.9. The number of thiocarbonyl (C=S) groups is 1. The van der Waals surface area contributed by atoms with Crippen LogP contribution in [0.4, 0.5) is 5.69 Å². The molecule has 1 aliphatic rings. The Hall–Kier alpha value is -2.21. The number of hydrogen-bond acceptors (Lipinski definition) is 4. The fourth-order valence-corrected chi connectivity index (χ4v) is 2.22. The smallest absolute Gasteiger partial charge is 0.274 e. The molecule has 2 amide bonds. The molecule has 5 nitrogen and oxygen atoms in total. The maximum atomic E-state index is 11.8. The highest BCUT2D eigenvalue weighted by atomic mass is 32.1. The zero-order valence-corrected chi connectivity index (χ0v) is 12.3. The second kappa shape index (κ2) is 5.42. The quantitative estimate of drug-likeness (QED) is 0.660. The molecule has 2 rings (SSSR count). The summed E-state index contributed by atoms with van der Waals surface area (Å²) in [6.07, 6.45) is 1.65. The second-order valence-electron chi connectivity index (χ2n) is 4.63. The summed E-state index contributed by atoms with van der Waals surface area (Å²) in [6.45, 7) is 1.37. The van der Waals surface area contributed by atoms with Crippen LogP contribution in [0.1, 0.15) is 12.5 Å². The van der Waals surface area contributed by atoms with Gasteiger partial charge in [-0.2, -0.15) is 0 Å². The molecule has 0 aromatic heterocycles. The number of nitrogens with one attached hydrogen (secondary N) is 1. The Morgan fingerprint density at radius 1 is 1.30 bits per heavy atom. The minimum Gasteiger partial charge on any atom is -0.378 e. The van der Waals surface area contributed by atoms with Crippen molar-refractivity contribution < 1.29 is 9.59 Å². The van der Waals surface area contributed by atoms with Crippen molar-refractivity contribution in [1.29, 1.82) is 0 Å². The van der Waals surface area contributed by atoms with E-state index in [0.717, 1.165) is 11.3 Å². The van der Waals surface area contributed by atoms with Gasteiger partial charge in [-0.1, -0.05) is 12.1 Å². The lowest BCUT2D eigenvalue weighted by atomic mass is 10.1. The summed E-state index contributed by atoms with van der Waals surface area (Å²) in [5.74, 6) is -0.647. The van der Waals surface area contributed by atoms with E-state index in [1.807, 2.05) is 43.3 Å². The lowest BCUT2D eigenvalue weighted by Crippen LogP contribution is -2.31. The first kappa shape index (κ1) is 14.2. The molecule has 1 heterocycles. The third-order valence-corrected chi connectivity index (χ3v) is 3.21. The number of benzene rings is 1. The Bertz CT molecular complexity index is 605. The summed E-state index contributed by atoms with van der Waals surface area (Å²) in [6, 6.07) is 7.65. The summed E-state index contributed by atoms with van der Waals surface area (Å²) < 4.78 is 0. The second-order valence-corrected chi connectivity index (χ2v) is 5.02. The maximum Gasteiger partial charge on any atom is 0.274 e. The van der Waals surface area contributed by atoms with E-state index < -0.39 is 0 Å². The number of hydrogen-bond donors (Lipinski definition) is 1. The van der Waals surface area contributed by atoms with Crippen LogP contribution in [0.5, 0.6) is 0 Å². The summed E-state index contributed by atoms with van der Waals surface area (Å²) in [7, 11) is 3.90. The van der Waals surface area contributed by atoms with Gasteiger partial charge in [0.25, 0.3) is 5.91 Å². The first-order valence-corrected chi connectivity index (χ1v) is 6.46. The van der Waals surface area contributed by atoms with Crippen LogP contribution in [0, 0.1) is 0 Å². The van der Waals surface area contributed by atoms with Gasteiger partial charge in [0.05, 0.1) is 0 Å². The Morgan fingerprint density at radius 3 is 2.40 bits per heavy atom. The van der Waals surface area contributed by atoms with E-state index in [9.17, 15) is 9.59 Å². The van der Waals surface area contributed by atoms with Gasteiger partial charge >= 0.3 is 0 Å². The lowest BCUT2D eigenvalue weighted by molar-refractivity contribution is -0.125. The van der Waals surface area contributed by atoms with E-state index in [0.29, 0.717) is 0 Å². The average molecular weight is 289 g/mol. The van der Waals surface area contributed by atoms with Crippen LogP contribution >= 0.6 is 12.2 Å². The van der Waals surface area contributed by atoms with Gasteiger partial charge in [0.1, 0.15) is 5.70 Å². The number of carbonyl (C=O) groups is 2. The number of rotatable bonds is 2.